The molecule has 1 amide bonds. The van der Waals surface area contributed by atoms with E-state index in [0.29, 0.717) is 18.0 Å². The fraction of sp³-hybridized carbons (Fsp3) is 0.643. The van der Waals surface area contributed by atoms with Crippen molar-refractivity contribution in [2.45, 2.75) is 44.1 Å². The van der Waals surface area contributed by atoms with E-state index >= 15 is 0 Å². The molecule has 5 nitrogen and oxygen atoms in total. The van der Waals surface area contributed by atoms with Gasteiger partial charge in [0, 0.05) is 31.5 Å². The second-order valence-corrected chi connectivity index (χ2v) is 5.69. The van der Waals surface area contributed by atoms with Crippen LogP contribution in [0.1, 0.15) is 54.7 Å². The zero-order valence-corrected chi connectivity index (χ0v) is 11.2. The van der Waals surface area contributed by atoms with Crippen LogP contribution in [0.3, 0.4) is 0 Å². The van der Waals surface area contributed by atoms with Gasteiger partial charge in [-0.1, -0.05) is 0 Å². The summed E-state index contributed by atoms with van der Waals surface area (Å²) in [6, 6.07) is 0. The number of ether oxygens (including phenoxy) is 1. The lowest BCUT2D eigenvalue weighted by molar-refractivity contribution is 0.0206. The number of hydrogen-bond acceptors (Lipinski definition) is 4. The molecule has 2 fully saturated rings. The summed E-state index contributed by atoms with van der Waals surface area (Å²) in [5.74, 6) is 1.25. The molecule has 2 heterocycles. The Labute approximate surface area is 112 Å². The van der Waals surface area contributed by atoms with Crippen molar-refractivity contribution in [1.82, 2.24) is 15.3 Å². The van der Waals surface area contributed by atoms with E-state index in [1.165, 1.54) is 12.8 Å². The maximum atomic E-state index is 12.0. The molecule has 1 atom stereocenters. The van der Waals surface area contributed by atoms with Crippen molar-refractivity contribution in [1.29, 1.82) is 0 Å². The number of carbonyl (C=O) groups is 1. The molecule has 0 radical (unpaired) electrons. The third-order valence-corrected chi connectivity index (χ3v) is 3.80. The van der Waals surface area contributed by atoms with Crippen molar-refractivity contribution >= 4 is 5.91 Å². The minimum atomic E-state index is -0.218. The van der Waals surface area contributed by atoms with Crippen LogP contribution in [0.4, 0.5) is 0 Å². The SMILES string of the molecule is CC1(CNC(=O)c2cnc(C3CC3)nc2)CCCO1. The van der Waals surface area contributed by atoms with E-state index in [1.807, 2.05) is 6.92 Å². The van der Waals surface area contributed by atoms with Crippen LogP contribution in [-0.2, 0) is 4.74 Å². The zero-order chi connectivity index (χ0) is 13.3. The molecule has 1 N–H and O–H groups in total. The molecule has 2 aliphatic rings. The molecule has 1 unspecified atom stereocenters. The number of amides is 1. The average molecular weight is 261 g/mol. The van der Waals surface area contributed by atoms with Crippen molar-refractivity contribution in [3.05, 3.63) is 23.8 Å². The highest BCUT2D eigenvalue weighted by Gasteiger charge is 2.30. The Kier molecular flexibility index (Phi) is 3.22. The van der Waals surface area contributed by atoms with E-state index < -0.39 is 0 Å². The first-order chi connectivity index (χ1) is 9.16. The Bertz CT molecular complexity index is 462. The minimum Gasteiger partial charge on any atom is -0.373 e. The third kappa shape index (κ3) is 2.92. The molecule has 3 rings (SSSR count). The number of carbonyl (C=O) groups excluding carboxylic acids is 1. The quantitative estimate of drug-likeness (QED) is 0.895. The van der Waals surface area contributed by atoms with E-state index in [1.54, 1.807) is 12.4 Å². The van der Waals surface area contributed by atoms with Crippen molar-refractivity contribution in [2.24, 2.45) is 0 Å². The first-order valence-corrected chi connectivity index (χ1v) is 6.90. The lowest BCUT2D eigenvalue weighted by atomic mass is 10.0. The number of nitrogens with one attached hydrogen (secondary N) is 1. The van der Waals surface area contributed by atoms with Crippen LogP contribution in [-0.4, -0.2) is 34.6 Å². The Balaban J connectivity index is 1.57. The Morgan fingerprint density at radius 2 is 2.21 bits per heavy atom. The molecular formula is C14H19N3O2. The first-order valence-electron chi connectivity index (χ1n) is 6.90. The molecule has 0 spiro atoms. The van der Waals surface area contributed by atoms with Gasteiger partial charge in [-0.25, -0.2) is 9.97 Å². The summed E-state index contributed by atoms with van der Waals surface area (Å²) >= 11 is 0. The summed E-state index contributed by atoms with van der Waals surface area (Å²) in [6.07, 6.45) is 7.63. The number of aromatic nitrogens is 2. The maximum absolute atomic E-state index is 12.0. The fourth-order valence-corrected chi connectivity index (χ4v) is 2.35. The Morgan fingerprint density at radius 3 is 2.79 bits per heavy atom. The Hall–Kier alpha value is -1.49. The van der Waals surface area contributed by atoms with E-state index in [-0.39, 0.29) is 11.5 Å². The molecule has 0 bridgehead atoms. The lowest BCUT2D eigenvalue weighted by Crippen LogP contribution is -2.40. The molecule has 1 aromatic heterocycles. The molecule has 1 saturated heterocycles. The second-order valence-electron chi connectivity index (χ2n) is 5.69. The summed E-state index contributed by atoms with van der Waals surface area (Å²) in [7, 11) is 0. The fourth-order valence-electron chi connectivity index (χ4n) is 2.35. The third-order valence-electron chi connectivity index (χ3n) is 3.80. The van der Waals surface area contributed by atoms with Crippen LogP contribution in [0.5, 0.6) is 0 Å². The van der Waals surface area contributed by atoms with Gasteiger partial charge in [0.25, 0.3) is 5.91 Å². The van der Waals surface area contributed by atoms with Gasteiger partial charge in [0.1, 0.15) is 5.82 Å². The normalized spacial score (nSPS) is 26.4. The van der Waals surface area contributed by atoms with Gasteiger partial charge >= 0.3 is 0 Å². The van der Waals surface area contributed by atoms with Gasteiger partial charge in [0.15, 0.2) is 0 Å². The van der Waals surface area contributed by atoms with Crippen LogP contribution in [0.25, 0.3) is 0 Å². The predicted octanol–water partition coefficient (Wildman–Crippen LogP) is 1.65. The summed E-state index contributed by atoms with van der Waals surface area (Å²) in [4.78, 5) is 20.5. The van der Waals surface area contributed by atoms with Gasteiger partial charge < -0.3 is 10.1 Å². The van der Waals surface area contributed by atoms with Gasteiger partial charge in [-0.2, -0.15) is 0 Å². The van der Waals surface area contributed by atoms with Crippen LogP contribution in [0.15, 0.2) is 12.4 Å². The summed E-state index contributed by atoms with van der Waals surface area (Å²) in [5.41, 5.74) is 0.302. The highest BCUT2D eigenvalue weighted by Crippen LogP contribution is 2.37. The largest absolute Gasteiger partial charge is 0.373 e. The van der Waals surface area contributed by atoms with Crippen molar-refractivity contribution in [3.63, 3.8) is 0 Å². The van der Waals surface area contributed by atoms with Crippen molar-refractivity contribution in [2.75, 3.05) is 13.2 Å². The van der Waals surface area contributed by atoms with E-state index in [4.69, 9.17) is 4.74 Å². The highest BCUT2D eigenvalue weighted by atomic mass is 16.5. The number of rotatable bonds is 4. The van der Waals surface area contributed by atoms with Crippen molar-refractivity contribution < 1.29 is 9.53 Å². The minimum absolute atomic E-state index is 0.126. The number of nitrogens with zero attached hydrogens (tertiary/aromatic N) is 2. The van der Waals surface area contributed by atoms with Crippen LogP contribution < -0.4 is 5.32 Å². The van der Waals surface area contributed by atoms with Gasteiger partial charge in [-0.3, -0.25) is 4.79 Å². The Morgan fingerprint density at radius 1 is 1.47 bits per heavy atom. The van der Waals surface area contributed by atoms with E-state index in [9.17, 15) is 4.79 Å². The molecule has 1 aliphatic heterocycles. The van der Waals surface area contributed by atoms with Crippen molar-refractivity contribution in [3.8, 4) is 0 Å². The molecule has 102 valence electrons. The summed E-state index contributed by atoms with van der Waals surface area (Å²) in [5, 5.41) is 2.90. The maximum Gasteiger partial charge on any atom is 0.254 e. The first kappa shape index (κ1) is 12.5. The molecule has 0 aromatic carbocycles. The molecule has 5 heteroatoms. The van der Waals surface area contributed by atoms with Gasteiger partial charge in [0.2, 0.25) is 0 Å². The monoisotopic (exact) mass is 261 g/mol. The summed E-state index contributed by atoms with van der Waals surface area (Å²) < 4.78 is 5.64. The molecule has 19 heavy (non-hydrogen) atoms. The van der Waals surface area contributed by atoms with Crippen LogP contribution in [0, 0.1) is 0 Å². The van der Waals surface area contributed by atoms with Crippen LogP contribution >= 0.6 is 0 Å². The second kappa shape index (κ2) is 4.89. The lowest BCUT2D eigenvalue weighted by Gasteiger charge is -2.23. The van der Waals surface area contributed by atoms with E-state index in [0.717, 1.165) is 25.3 Å². The van der Waals surface area contributed by atoms with Gasteiger partial charge in [-0.15, -0.1) is 0 Å². The van der Waals surface area contributed by atoms with Crippen LogP contribution in [0.2, 0.25) is 0 Å². The summed E-state index contributed by atoms with van der Waals surface area (Å²) in [6.45, 7) is 3.36. The molecular weight excluding hydrogens is 242 g/mol. The zero-order valence-electron chi connectivity index (χ0n) is 11.2. The predicted molar refractivity (Wildman–Crippen MR) is 69.9 cm³/mol. The topological polar surface area (TPSA) is 64.1 Å². The standard InChI is InChI=1S/C14H19N3O2/c1-14(5-2-6-19-14)9-17-13(18)11-7-15-12(16-8-11)10-3-4-10/h7-8,10H,2-6,9H2,1H3,(H,17,18). The molecule has 1 aliphatic carbocycles. The van der Waals surface area contributed by atoms with E-state index in [2.05, 4.69) is 15.3 Å². The number of hydrogen-bond donors (Lipinski definition) is 1. The van der Waals surface area contributed by atoms with Gasteiger partial charge in [0.05, 0.1) is 11.2 Å². The average Bonchev–Trinajstić information content (AvgIpc) is 3.19. The van der Waals surface area contributed by atoms with Gasteiger partial charge in [-0.05, 0) is 32.6 Å². The smallest absolute Gasteiger partial charge is 0.254 e. The highest BCUT2D eigenvalue weighted by molar-refractivity contribution is 5.93. The molecule has 1 saturated carbocycles. The molecule has 1 aromatic rings.